The Kier molecular flexibility index (Phi) is 5.68. The summed E-state index contributed by atoms with van der Waals surface area (Å²) in [5.41, 5.74) is 1.37. The van der Waals surface area contributed by atoms with Crippen LogP contribution in [0, 0.1) is 5.92 Å². The third-order valence-electron chi connectivity index (χ3n) is 3.92. The maximum atomic E-state index is 12.3. The molecule has 2 amide bonds. The molecule has 26 heavy (non-hydrogen) atoms. The SMILES string of the molecule is CC(C)CCNC(=O)CNC(=O)c1ccc2nc(-n3cccc3)sc2c1. The fourth-order valence-corrected chi connectivity index (χ4v) is 3.42. The number of thiazole rings is 1. The van der Waals surface area contributed by atoms with Gasteiger partial charge in [-0.15, -0.1) is 0 Å². The van der Waals surface area contributed by atoms with Crippen LogP contribution < -0.4 is 10.6 Å². The lowest BCUT2D eigenvalue weighted by molar-refractivity contribution is -0.120. The molecular weight excluding hydrogens is 348 g/mol. The summed E-state index contributed by atoms with van der Waals surface area (Å²) in [7, 11) is 0. The van der Waals surface area contributed by atoms with Crippen molar-refractivity contribution < 1.29 is 9.59 Å². The minimum absolute atomic E-state index is 0.0216. The van der Waals surface area contributed by atoms with E-state index in [-0.39, 0.29) is 18.4 Å². The molecule has 0 radical (unpaired) electrons. The van der Waals surface area contributed by atoms with Crippen LogP contribution >= 0.6 is 11.3 Å². The van der Waals surface area contributed by atoms with Gasteiger partial charge in [-0.05, 0) is 42.7 Å². The number of hydrogen-bond donors (Lipinski definition) is 2. The van der Waals surface area contributed by atoms with E-state index in [0.29, 0.717) is 18.0 Å². The van der Waals surface area contributed by atoms with Gasteiger partial charge in [-0.1, -0.05) is 25.2 Å². The molecule has 0 saturated carbocycles. The Morgan fingerprint density at radius 2 is 1.96 bits per heavy atom. The Hall–Kier alpha value is -2.67. The molecule has 2 aromatic heterocycles. The molecule has 0 spiro atoms. The summed E-state index contributed by atoms with van der Waals surface area (Å²) in [5, 5.41) is 6.32. The number of benzene rings is 1. The van der Waals surface area contributed by atoms with E-state index < -0.39 is 0 Å². The van der Waals surface area contributed by atoms with Crippen molar-refractivity contribution >= 4 is 33.4 Å². The van der Waals surface area contributed by atoms with E-state index >= 15 is 0 Å². The van der Waals surface area contributed by atoms with Gasteiger partial charge in [-0.25, -0.2) is 4.98 Å². The number of carbonyl (C=O) groups is 2. The van der Waals surface area contributed by atoms with E-state index in [0.717, 1.165) is 21.8 Å². The van der Waals surface area contributed by atoms with Crippen LogP contribution in [0.15, 0.2) is 42.7 Å². The number of rotatable bonds is 7. The smallest absolute Gasteiger partial charge is 0.251 e. The molecule has 0 aliphatic rings. The van der Waals surface area contributed by atoms with Gasteiger partial charge in [0.05, 0.1) is 16.8 Å². The number of nitrogens with one attached hydrogen (secondary N) is 2. The third kappa shape index (κ3) is 4.49. The molecule has 1 aromatic carbocycles. The van der Waals surface area contributed by atoms with Crippen LogP contribution in [0.4, 0.5) is 0 Å². The Morgan fingerprint density at radius 3 is 2.69 bits per heavy atom. The van der Waals surface area contributed by atoms with Crippen LogP contribution in [-0.2, 0) is 4.79 Å². The zero-order chi connectivity index (χ0) is 18.5. The summed E-state index contributed by atoms with van der Waals surface area (Å²) < 4.78 is 2.87. The summed E-state index contributed by atoms with van der Waals surface area (Å²) in [6.07, 6.45) is 4.79. The highest BCUT2D eigenvalue weighted by atomic mass is 32.1. The largest absolute Gasteiger partial charge is 0.355 e. The lowest BCUT2D eigenvalue weighted by Crippen LogP contribution is -2.37. The molecule has 136 valence electrons. The first-order valence-corrected chi connectivity index (χ1v) is 9.43. The molecule has 0 atom stereocenters. The van der Waals surface area contributed by atoms with E-state index in [1.54, 1.807) is 6.07 Å². The lowest BCUT2D eigenvalue weighted by Gasteiger charge is -2.08. The number of fused-ring (bicyclic) bond motifs is 1. The van der Waals surface area contributed by atoms with Crippen molar-refractivity contribution in [2.45, 2.75) is 20.3 Å². The van der Waals surface area contributed by atoms with Crippen molar-refractivity contribution in [2.24, 2.45) is 5.92 Å². The summed E-state index contributed by atoms with van der Waals surface area (Å²) in [6.45, 7) is 4.81. The minimum atomic E-state index is -0.262. The molecule has 2 N–H and O–H groups in total. The maximum absolute atomic E-state index is 12.3. The zero-order valence-corrected chi connectivity index (χ0v) is 15.7. The molecular formula is C19H22N4O2S. The Bertz CT molecular complexity index is 900. The summed E-state index contributed by atoms with van der Waals surface area (Å²) in [5.74, 6) is 0.0991. The Balaban J connectivity index is 1.61. The van der Waals surface area contributed by atoms with Crippen LogP contribution in [0.5, 0.6) is 0 Å². The normalized spacial score (nSPS) is 11.0. The Labute approximate surface area is 156 Å². The van der Waals surface area contributed by atoms with Gasteiger partial charge >= 0.3 is 0 Å². The highest BCUT2D eigenvalue weighted by molar-refractivity contribution is 7.20. The second kappa shape index (κ2) is 8.14. The zero-order valence-electron chi connectivity index (χ0n) is 14.9. The van der Waals surface area contributed by atoms with Gasteiger partial charge in [0, 0.05) is 24.5 Å². The molecule has 0 unspecified atom stereocenters. The predicted octanol–water partition coefficient (Wildman–Crippen LogP) is 2.98. The van der Waals surface area contributed by atoms with Crippen LogP contribution in [0.2, 0.25) is 0 Å². The molecule has 0 bridgehead atoms. The fourth-order valence-electron chi connectivity index (χ4n) is 2.45. The number of aromatic nitrogens is 2. The molecule has 0 aliphatic carbocycles. The van der Waals surface area contributed by atoms with E-state index in [4.69, 9.17) is 0 Å². The maximum Gasteiger partial charge on any atom is 0.251 e. The highest BCUT2D eigenvalue weighted by Gasteiger charge is 2.11. The first-order valence-electron chi connectivity index (χ1n) is 8.62. The van der Waals surface area contributed by atoms with E-state index in [9.17, 15) is 9.59 Å². The van der Waals surface area contributed by atoms with Crippen molar-refractivity contribution in [3.8, 4) is 5.13 Å². The third-order valence-corrected chi connectivity index (χ3v) is 4.95. The standard InChI is InChI=1S/C19H22N4O2S/c1-13(2)7-8-20-17(24)12-21-18(25)14-5-6-15-16(11-14)26-19(22-15)23-9-3-4-10-23/h3-6,9-11,13H,7-8,12H2,1-2H3,(H,20,24)(H,21,25). The van der Waals surface area contributed by atoms with Crippen molar-refractivity contribution in [3.63, 3.8) is 0 Å². The average molecular weight is 370 g/mol. The van der Waals surface area contributed by atoms with Gasteiger partial charge in [-0.2, -0.15) is 0 Å². The van der Waals surface area contributed by atoms with E-state index in [1.807, 2.05) is 41.2 Å². The quantitative estimate of drug-likeness (QED) is 0.671. The van der Waals surface area contributed by atoms with Crippen LogP contribution in [0.3, 0.4) is 0 Å². The first kappa shape index (κ1) is 18.1. The molecule has 0 aliphatic heterocycles. The molecule has 2 heterocycles. The molecule has 3 aromatic rings. The fraction of sp³-hybridized carbons (Fsp3) is 0.316. The topological polar surface area (TPSA) is 76.0 Å². The highest BCUT2D eigenvalue weighted by Crippen LogP contribution is 2.25. The summed E-state index contributed by atoms with van der Waals surface area (Å²) in [4.78, 5) is 28.6. The van der Waals surface area contributed by atoms with Crippen molar-refractivity contribution in [3.05, 3.63) is 48.3 Å². The molecule has 7 heteroatoms. The van der Waals surface area contributed by atoms with Gasteiger partial charge in [0.25, 0.3) is 5.91 Å². The molecule has 3 rings (SSSR count). The van der Waals surface area contributed by atoms with Gasteiger partial charge in [0.2, 0.25) is 5.91 Å². The van der Waals surface area contributed by atoms with Gasteiger partial charge in [0.15, 0.2) is 5.13 Å². The Morgan fingerprint density at radius 1 is 1.19 bits per heavy atom. The summed E-state index contributed by atoms with van der Waals surface area (Å²) >= 11 is 1.52. The van der Waals surface area contributed by atoms with Crippen LogP contribution in [0.25, 0.3) is 15.3 Å². The second-order valence-corrected chi connectivity index (χ2v) is 7.49. The minimum Gasteiger partial charge on any atom is -0.355 e. The van der Waals surface area contributed by atoms with Crippen molar-refractivity contribution in [2.75, 3.05) is 13.1 Å². The summed E-state index contributed by atoms with van der Waals surface area (Å²) in [6, 6.07) is 9.25. The van der Waals surface area contributed by atoms with Crippen molar-refractivity contribution in [1.82, 2.24) is 20.2 Å². The number of hydrogen-bond acceptors (Lipinski definition) is 4. The number of carbonyl (C=O) groups excluding carboxylic acids is 2. The first-order chi connectivity index (χ1) is 12.5. The predicted molar refractivity (Wildman–Crippen MR) is 104 cm³/mol. The molecule has 0 fully saturated rings. The monoisotopic (exact) mass is 370 g/mol. The van der Waals surface area contributed by atoms with Crippen LogP contribution in [0.1, 0.15) is 30.6 Å². The molecule has 6 nitrogen and oxygen atoms in total. The van der Waals surface area contributed by atoms with Crippen molar-refractivity contribution in [1.29, 1.82) is 0 Å². The lowest BCUT2D eigenvalue weighted by atomic mass is 10.1. The van der Waals surface area contributed by atoms with Gasteiger partial charge in [-0.3, -0.25) is 9.59 Å². The average Bonchev–Trinajstić information content (AvgIpc) is 3.27. The second-order valence-electron chi connectivity index (χ2n) is 6.48. The number of nitrogens with zero attached hydrogens (tertiary/aromatic N) is 2. The number of amides is 2. The van der Waals surface area contributed by atoms with Gasteiger partial charge < -0.3 is 15.2 Å². The van der Waals surface area contributed by atoms with E-state index in [1.165, 1.54) is 11.3 Å². The van der Waals surface area contributed by atoms with E-state index in [2.05, 4.69) is 29.5 Å². The van der Waals surface area contributed by atoms with Crippen LogP contribution in [-0.4, -0.2) is 34.5 Å². The molecule has 0 saturated heterocycles. The van der Waals surface area contributed by atoms with Gasteiger partial charge in [0.1, 0.15) is 0 Å².